The first kappa shape index (κ1) is 15.9. The summed E-state index contributed by atoms with van der Waals surface area (Å²) in [7, 11) is 0. The Morgan fingerprint density at radius 1 is 1.24 bits per heavy atom. The first-order chi connectivity index (χ1) is 8.06. The van der Waals surface area contributed by atoms with E-state index < -0.39 is 6.04 Å². The number of nitrogens with zero attached hydrogens (tertiary/aromatic N) is 1. The Balaban J connectivity index is 4.32. The molecule has 0 radical (unpaired) electrons. The molecule has 17 heavy (non-hydrogen) atoms. The molecule has 0 aliphatic heterocycles. The lowest BCUT2D eigenvalue weighted by atomic mass is 10.2. The summed E-state index contributed by atoms with van der Waals surface area (Å²) in [4.78, 5) is 25.0. The highest BCUT2D eigenvalue weighted by Gasteiger charge is 2.20. The van der Waals surface area contributed by atoms with Gasteiger partial charge in [-0.2, -0.15) is 0 Å². The highest BCUT2D eigenvalue weighted by Crippen LogP contribution is 1.98. The Hall–Kier alpha value is -1.10. The van der Waals surface area contributed by atoms with Gasteiger partial charge in [0.05, 0.1) is 12.6 Å². The summed E-state index contributed by atoms with van der Waals surface area (Å²) in [5.41, 5.74) is 5.70. The van der Waals surface area contributed by atoms with Gasteiger partial charge in [-0.1, -0.05) is 20.8 Å². The Morgan fingerprint density at radius 2 is 1.88 bits per heavy atom. The molecule has 5 heteroatoms. The highest BCUT2D eigenvalue weighted by molar-refractivity contribution is 5.87. The first-order valence-electron chi connectivity index (χ1n) is 6.37. The van der Waals surface area contributed by atoms with E-state index in [2.05, 4.69) is 5.32 Å². The third-order valence-electron chi connectivity index (χ3n) is 2.47. The van der Waals surface area contributed by atoms with Crippen molar-refractivity contribution in [2.75, 3.05) is 19.6 Å². The van der Waals surface area contributed by atoms with Crippen molar-refractivity contribution in [3.63, 3.8) is 0 Å². The van der Waals surface area contributed by atoms with Gasteiger partial charge in [-0.15, -0.1) is 0 Å². The van der Waals surface area contributed by atoms with Crippen LogP contribution in [-0.4, -0.2) is 42.4 Å². The molecule has 0 aromatic heterocycles. The van der Waals surface area contributed by atoms with Crippen molar-refractivity contribution in [2.45, 2.75) is 46.1 Å². The monoisotopic (exact) mass is 243 g/mol. The zero-order chi connectivity index (χ0) is 13.3. The van der Waals surface area contributed by atoms with Gasteiger partial charge in [-0.25, -0.2) is 0 Å². The van der Waals surface area contributed by atoms with Crippen LogP contribution in [0.3, 0.4) is 0 Å². The third-order valence-corrected chi connectivity index (χ3v) is 2.47. The average Bonchev–Trinajstić information content (AvgIpc) is 2.33. The smallest absolute Gasteiger partial charge is 0.239 e. The summed E-state index contributed by atoms with van der Waals surface area (Å²) >= 11 is 0. The van der Waals surface area contributed by atoms with Crippen molar-refractivity contribution in [1.82, 2.24) is 10.2 Å². The summed E-state index contributed by atoms with van der Waals surface area (Å²) in [6, 6.07) is -0.500. The Morgan fingerprint density at radius 3 is 2.35 bits per heavy atom. The predicted molar refractivity (Wildman–Crippen MR) is 68.4 cm³/mol. The summed E-state index contributed by atoms with van der Waals surface area (Å²) in [5, 5.41) is 2.76. The van der Waals surface area contributed by atoms with E-state index in [-0.39, 0.29) is 18.4 Å². The Kier molecular flexibility index (Phi) is 8.40. The van der Waals surface area contributed by atoms with E-state index in [1.165, 1.54) is 0 Å². The summed E-state index contributed by atoms with van der Waals surface area (Å²) in [6.07, 6.45) is 2.31. The number of hydrogen-bond donors (Lipinski definition) is 2. The lowest BCUT2D eigenvalue weighted by molar-refractivity contribution is -0.137. The largest absolute Gasteiger partial charge is 0.355 e. The molecule has 0 saturated carbocycles. The van der Waals surface area contributed by atoms with Gasteiger partial charge in [-0.05, 0) is 19.3 Å². The van der Waals surface area contributed by atoms with E-state index in [0.717, 1.165) is 12.8 Å². The number of carbonyl (C=O) groups is 2. The van der Waals surface area contributed by atoms with E-state index in [1.807, 2.05) is 20.8 Å². The van der Waals surface area contributed by atoms with Gasteiger partial charge in [-0.3, -0.25) is 9.59 Å². The third kappa shape index (κ3) is 6.26. The van der Waals surface area contributed by atoms with E-state index in [1.54, 1.807) is 4.90 Å². The minimum atomic E-state index is -0.500. The van der Waals surface area contributed by atoms with Crippen LogP contribution in [0.5, 0.6) is 0 Å². The van der Waals surface area contributed by atoms with Crippen molar-refractivity contribution in [1.29, 1.82) is 0 Å². The van der Waals surface area contributed by atoms with Crippen LogP contribution in [0.2, 0.25) is 0 Å². The summed E-state index contributed by atoms with van der Waals surface area (Å²) in [5.74, 6) is -0.252. The molecule has 0 spiro atoms. The minimum absolute atomic E-state index is 0.111. The Bertz CT molecular complexity index is 244. The van der Waals surface area contributed by atoms with Crippen molar-refractivity contribution in [3.05, 3.63) is 0 Å². The molecular formula is C12H25N3O2. The van der Waals surface area contributed by atoms with Crippen LogP contribution >= 0.6 is 0 Å². The van der Waals surface area contributed by atoms with Crippen LogP contribution in [0.1, 0.15) is 40.0 Å². The highest BCUT2D eigenvalue weighted by atomic mass is 16.2. The van der Waals surface area contributed by atoms with Crippen molar-refractivity contribution in [2.24, 2.45) is 5.73 Å². The zero-order valence-electron chi connectivity index (χ0n) is 11.2. The number of nitrogens with two attached hydrogens (primary N) is 1. The minimum Gasteiger partial charge on any atom is -0.355 e. The predicted octanol–water partition coefficient (Wildman–Crippen LogP) is 0.489. The molecule has 0 aliphatic rings. The fourth-order valence-electron chi connectivity index (χ4n) is 1.44. The Labute approximate surface area is 104 Å². The second-order valence-electron chi connectivity index (χ2n) is 4.12. The van der Waals surface area contributed by atoms with E-state index in [9.17, 15) is 9.59 Å². The molecule has 0 aliphatic carbocycles. The lowest BCUT2D eigenvalue weighted by Crippen LogP contribution is -2.48. The number of nitrogens with one attached hydrogen (secondary N) is 1. The van der Waals surface area contributed by atoms with E-state index >= 15 is 0 Å². The van der Waals surface area contributed by atoms with Crippen LogP contribution in [0.4, 0.5) is 0 Å². The zero-order valence-corrected chi connectivity index (χ0v) is 11.2. The number of rotatable bonds is 8. The number of carbonyl (C=O) groups excluding carboxylic acids is 2. The molecule has 2 amide bonds. The number of hydrogen-bond acceptors (Lipinski definition) is 3. The fourth-order valence-corrected chi connectivity index (χ4v) is 1.44. The lowest BCUT2D eigenvalue weighted by Gasteiger charge is -2.24. The van der Waals surface area contributed by atoms with Gasteiger partial charge in [0.1, 0.15) is 0 Å². The molecule has 1 unspecified atom stereocenters. The van der Waals surface area contributed by atoms with Gasteiger partial charge in [0.25, 0.3) is 0 Å². The maximum Gasteiger partial charge on any atom is 0.239 e. The number of amides is 2. The molecule has 0 bridgehead atoms. The average molecular weight is 243 g/mol. The van der Waals surface area contributed by atoms with E-state index in [0.29, 0.717) is 19.5 Å². The molecule has 5 nitrogen and oxygen atoms in total. The molecule has 0 heterocycles. The van der Waals surface area contributed by atoms with Crippen molar-refractivity contribution >= 4 is 11.8 Å². The molecule has 0 rings (SSSR count). The maximum absolute atomic E-state index is 11.9. The molecule has 0 saturated heterocycles. The molecule has 0 fully saturated rings. The molecule has 1 atom stereocenters. The van der Waals surface area contributed by atoms with Gasteiger partial charge < -0.3 is 16.0 Å². The van der Waals surface area contributed by atoms with E-state index in [4.69, 9.17) is 5.73 Å². The van der Waals surface area contributed by atoms with Crippen LogP contribution in [-0.2, 0) is 9.59 Å². The SMILES string of the molecule is CCCNC(=O)CN(CCC)C(=O)C(N)CC. The van der Waals surface area contributed by atoms with Gasteiger partial charge >= 0.3 is 0 Å². The summed E-state index contributed by atoms with van der Waals surface area (Å²) in [6.45, 7) is 7.16. The van der Waals surface area contributed by atoms with Crippen LogP contribution in [0.15, 0.2) is 0 Å². The second-order valence-corrected chi connectivity index (χ2v) is 4.12. The second kappa shape index (κ2) is 8.98. The molecule has 0 aromatic carbocycles. The topological polar surface area (TPSA) is 75.4 Å². The normalized spacial score (nSPS) is 12.0. The molecule has 0 aromatic rings. The maximum atomic E-state index is 11.9. The standard InChI is InChI=1S/C12H25N3O2/c1-4-7-14-11(16)9-15(8-5-2)12(17)10(13)6-3/h10H,4-9,13H2,1-3H3,(H,14,16). The quantitative estimate of drug-likeness (QED) is 0.651. The first-order valence-corrected chi connectivity index (χ1v) is 6.37. The van der Waals surface area contributed by atoms with Gasteiger partial charge in [0, 0.05) is 13.1 Å². The molecule has 100 valence electrons. The van der Waals surface area contributed by atoms with Crippen LogP contribution in [0, 0.1) is 0 Å². The van der Waals surface area contributed by atoms with Crippen LogP contribution < -0.4 is 11.1 Å². The van der Waals surface area contributed by atoms with Crippen LogP contribution in [0.25, 0.3) is 0 Å². The molecular weight excluding hydrogens is 218 g/mol. The van der Waals surface area contributed by atoms with Crippen molar-refractivity contribution < 1.29 is 9.59 Å². The van der Waals surface area contributed by atoms with Gasteiger partial charge in [0.2, 0.25) is 11.8 Å². The van der Waals surface area contributed by atoms with Gasteiger partial charge in [0.15, 0.2) is 0 Å². The molecule has 3 N–H and O–H groups in total. The summed E-state index contributed by atoms with van der Waals surface area (Å²) < 4.78 is 0. The van der Waals surface area contributed by atoms with Crippen molar-refractivity contribution in [3.8, 4) is 0 Å². The fraction of sp³-hybridized carbons (Fsp3) is 0.833.